The Morgan fingerprint density at radius 3 is 2.96 bits per heavy atom. The molecule has 2 aromatic heterocycles. The van der Waals surface area contributed by atoms with Crippen LogP contribution < -0.4 is 5.32 Å². The summed E-state index contributed by atoms with van der Waals surface area (Å²) in [5.74, 6) is -0.308. The van der Waals surface area contributed by atoms with Gasteiger partial charge in [0.2, 0.25) is 0 Å². The van der Waals surface area contributed by atoms with Crippen molar-refractivity contribution < 1.29 is 14.3 Å². The molecule has 2 amide bonds. The van der Waals surface area contributed by atoms with Crippen molar-refractivity contribution in [2.45, 2.75) is 43.4 Å². The van der Waals surface area contributed by atoms with E-state index in [0.717, 1.165) is 19.3 Å². The molecule has 0 aromatic carbocycles. The minimum Gasteiger partial charge on any atom is -0.376 e. The van der Waals surface area contributed by atoms with Gasteiger partial charge in [-0.25, -0.2) is 0 Å². The number of H-pyrrole nitrogens is 1. The number of fused-ring (bicyclic) bond motifs is 1. The summed E-state index contributed by atoms with van der Waals surface area (Å²) in [6, 6.07) is 3.33. The Morgan fingerprint density at radius 2 is 2.26 bits per heavy atom. The van der Waals surface area contributed by atoms with Gasteiger partial charge < -0.3 is 15.0 Å². The van der Waals surface area contributed by atoms with Gasteiger partial charge in [-0.2, -0.15) is 15.4 Å². The number of hydrogen-bond acceptors (Lipinski definition) is 6. The Labute approximate surface area is 156 Å². The number of carbonyl (C=O) groups excluding carboxylic acids is 2. The number of carbonyl (C=O) groups is 2. The minimum atomic E-state index is -0.366. The lowest BCUT2D eigenvalue weighted by Crippen LogP contribution is -2.55. The van der Waals surface area contributed by atoms with Gasteiger partial charge in [-0.05, 0) is 37.8 Å². The van der Waals surface area contributed by atoms with Crippen molar-refractivity contribution in [3.63, 3.8) is 0 Å². The zero-order valence-electron chi connectivity index (χ0n) is 15.1. The maximum atomic E-state index is 12.8. The van der Waals surface area contributed by atoms with E-state index in [1.165, 1.54) is 6.20 Å². The first-order chi connectivity index (χ1) is 13.1. The third kappa shape index (κ3) is 3.18. The molecule has 2 N–H and O–H groups in total. The summed E-state index contributed by atoms with van der Waals surface area (Å²) in [5.41, 5.74) is 0.459. The molecule has 0 spiro atoms. The van der Waals surface area contributed by atoms with Gasteiger partial charge in [0.1, 0.15) is 0 Å². The molecule has 2 aromatic rings. The highest BCUT2D eigenvalue weighted by Crippen LogP contribution is 2.42. The lowest BCUT2D eigenvalue weighted by molar-refractivity contribution is -0.0626. The number of likely N-dealkylation sites (tertiary alicyclic amines) is 1. The van der Waals surface area contributed by atoms with Gasteiger partial charge in [0, 0.05) is 32.1 Å². The normalized spacial score (nSPS) is 27.2. The van der Waals surface area contributed by atoms with Crippen LogP contribution in [0.3, 0.4) is 0 Å². The molecule has 9 heteroatoms. The second-order valence-corrected chi connectivity index (χ2v) is 7.07. The van der Waals surface area contributed by atoms with Crippen molar-refractivity contribution in [1.29, 1.82) is 0 Å². The highest BCUT2D eigenvalue weighted by molar-refractivity contribution is 5.94. The summed E-state index contributed by atoms with van der Waals surface area (Å²) in [6.45, 7) is 0.605. The topological polar surface area (TPSA) is 113 Å². The van der Waals surface area contributed by atoms with Crippen molar-refractivity contribution in [1.82, 2.24) is 30.6 Å². The zero-order valence-corrected chi connectivity index (χ0v) is 15.1. The van der Waals surface area contributed by atoms with Gasteiger partial charge in [-0.15, -0.1) is 0 Å². The molecular weight excluding hydrogens is 348 g/mol. The number of ether oxygens (including phenoxy) is 1. The number of nitrogens with zero attached hydrogens (tertiary/aromatic N) is 4. The van der Waals surface area contributed by atoms with Gasteiger partial charge >= 0.3 is 0 Å². The van der Waals surface area contributed by atoms with Crippen molar-refractivity contribution in [3.8, 4) is 0 Å². The fourth-order valence-electron chi connectivity index (χ4n) is 4.29. The van der Waals surface area contributed by atoms with Crippen LogP contribution in [-0.2, 0) is 4.74 Å². The molecule has 2 fully saturated rings. The van der Waals surface area contributed by atoms with Crippen LogP contribution in [0.2, 0.25) is 0 Å². The molecule has 1 aliphatic heterocycles. The van der Waals surface area contributed by atoms with E-state index in [0.29, 0.717) is 24.2 Å². The van der Waals surface area contributed by atoms with Crippen LogP contribution in [0.4, 0.5) is 0 Å². The zero-order chi connectivity index (χ0) is 18.9. The average Bonchev–Trinajstić information content (AvgIpc) is 3.36. The molecule has 27 heavy (non-hydrogen) atoms. The lowest BCUT2D eigenvalue weighted by atomic mass is 9.78. The van der Waals surface area contributed by atoms with Crippen LogP contribution in [0.25, 0.3) is 0 Å². The number of aromatic nitrogens is 4. The summed E-state index contributed by atoms with van der Waals surface area (Å²) >= 11 is 0. The molecule has 9 nitrogen and oxygen atoms in total. The molecule has 3 heterocycles. The van der Waals surface area contributed by atoms with E-state index in [1.54, 1.807) is 31.6 Å². The molecular formula is C18H22N6O3. The third-order valence-corrected chi connectivity index (χ3v) is 5.74. The summed E-state index contributed by atoms with van der Waals surface area (Å²) in [6.07, 6.45) is 7.63. The predicted octanol–water partition coefficient (Wildman–Crippen LogP) is 0.782. The molecule has 1 saturated heterocycles. The second-order valence-electron chi connectivity index (χ2n) is 7.07. The maximum Gasteiger partial charge on any atom is 0.276 e. The SMILES string of the molecule is CO[C@@]12CC[C@@H](NC(=O)c3cccnc3)C[C@@H]1N(C(=O)c1cn[nH]n1)CC2. The fourth-order valence-corrected chi connectivity index (χ4v) is 4.29. The summed E-state index contributed by atoms with van der Waals surface area (Å²) in [4.78, 5) is 31.1. The number of hydrogen-bond donors (Lipinski definition) is 2. The highest BCUT2D eigenvalue weighted by Gasteiger charge is 2.53. The van der Waals surface area contributed by atoms with Crippen LogP contribution in [0.5, 0.6) is 0 Å². The van der Waals surface area contributed by atoms with E-state index in [1.807, 2.05) is 4.90 Å². The van der Waals surface area contributed by atoms with Gasteiger partial charge in [0.05, 0.1) is 23.4 Å². The summed E-state index contributed by atoms with van der Waals surface area (Å²) in [7, 11) is 1.70. The number of methoxy groups -OCH3 is 1. The van der Waals surface area contributed by atoms with Crippen molar-refractivity contribution in [2.75, 3.05) is 13.7 Å². The summed E-state index contributed by atoms with van der Waals surface area (Å²) in [5, 5.41) is 13.2. The predicted molar refractivity (Wildman–Crippen MR) is 94.9 cm³/mol. The number of aromatic amines is 1. The van der Waals surface area contributed by atoms with Crippen LogP contribution in [0.15, 0.2) is 30.7 Å². The van der Waals surface area contributed by atoms with E-state index < -0.39 is 0 Å². The first-order valence-corrected chi connectivity index (χ1v) is 9.06. The van der Waals surface area contributed by atoms with Crippen molar-refractivity contribution in [2.24, 2.45) is 0 Å². The first kappa shape index (κ1) is 17.6. The van der Waals surface area contributed by atoms with Crippen LogP contribution in [-0.4, -0.2) is 68.4 Å². The van der Waals surface area contributed by atoms with E-state index in [2.05, 4.69) is 25.7 Å². The van der Waals surface area contributed by atoms with Crippen molar-refractivity contribution >= 4 is 11.8 Å². The van der Waals surface area contributed by atoms with E-state index in [-0.39, 0.29) is 29.5 Å². The number of pyridine rings is 1. The largest absolute Gasteiger partial charge is 0.376 e. The monoisotopic (exact) mass is 370 g/mol. The van der Waals surface area contributed by atoms with E-state index in [4.69, 9.17) is 4.74 Å². The minimum absolute atomic E-state index is 0.0308. The number of amides is 2. The molecule has 0 unspecified atom stereocenters. The number of rotatable bonds is 4. The molecule has 2 aliphatic rings. The van der Waals surface area contributed by atoms with Crippen molar-refractivity contribution in [3.05, 3.63) is 42.0 Å². The molecule has 142 valence electrons. The quantitative estimate of drug-likeness (QED) is 0.822. The second kappa shape index (κ2) is 7.07. The van der Waals surface area contributed by atoms with Gasteiger partial charge in [-0.3, -0.25) is 14.6 Å². The van der Waals surface area contributed by atoms with Crippen LogP contribution >= 0.6 is 0 Å². The third-order valence-electron chi connectivity index (χ3n) is 5.74. The van der Waals surface area contributed by atoms with Gasteiger partial charge in [0.15, 0.2) is 5.69 Å². The Kier molecular flexibility index (Phi) is 4.61. The molecule has 1 saturated carbocycles. The fraction of sp³-hybridized carbons (Fsp3) is 0.500. The molecule has 4 rings (SSSR count). The van der Waals surface area contributed by atoms with Crippen LogP contribution in [0, 0.1) is 0 Å². The first-order valence-electron chi connectivity index (χ1n) is 9.06. The Balaban J connectivity index is 1.50. The Bertz CT molecular complexity index is 812. The number of nitrogens with one attached hydrogen (secondary N) is 2. The lowest BCUT2D eigenvalue weighted by Gasteiger charge is -2.43. The molecule has 0 bridgehead atoms. The van der Waals surface area contributed by atoms with Gasteiger partial charge in [0.25, 0.3) is 11.8 Å². The van der Waals surface area contributed by atoms with E-state index in [9.17, 15) is 9.59 Å². The molecule has 1 aliphatic carbocycles. The Hall–Kier alpha value is -2.81. The smallest absolute Gasteiger partial charge is 0.276 e. The van der Waals surface area contributed by atoms with Crippen LogP contribution in [0.1, 0.15) is 46.5 Å². The molecule has 0 radical (unpaired) electrons. The average molecular weight is 370 g/mol. The standard InChI is InChI=1S/C18H22N6O3/c1-27-18-5-4-13(21-16(25)12-3-2-7-19-10-12)9-15(18)24(8-6-18)17(26)14-11-20-23-22-14/h2-3,7,10-11,13,15H,4-6,8-9H2,1H3,(H,21,25)(H,20,22,23)/t13-,15+,18-/m1/s1. The molecule has 3 atom stereocenters. The highest BCUT2D eigenvalue weighted by atomic mass is 16.5. The Morgan fingerprint density at radius 1 is 1.37 bits per heavy atom. The summed E-state index contributed by atoms with van der Waals surface area (Å²) < 4.78 is 5.88. The van der Waals surface area contributed by atoms with E-state index >= 15 is 0 Å². The van der Waals surface area contributed by atoms with Gasteiger partial charge in [-0.1, -0.05) is 0 Å². The maximum absolute atomic E-state index is 12.8.